The maximum absolute atomic E-state index is 11.6. The number of hydrogen-bond donors (Lipinski definition) is 1. The summed E-state index contributed by atoms with van der Waals surface area (Å²) in [6, 6.07) is 7.16. The summed E-state index contributed by atoms with van der Waals surface area (Å²) in [5.74, 6) is 0.303. The number of amides is 2. The molecule has 6 heteroatoms. The number of nitrogens with two attached hydrogens (primary N) is 1. The van der Waals surface area contributed by atoms with E-state index >= 15 is 0 Å². The first kappa shape index (κ1) is 14.5. The summed E-state index contributed by atoms with van der Waals surface area (Å²) in [4.78, 5) is 24.8. The molecule has 1 aliphatic rings. The van der Waals surface area contributed by atoms with Crippen molar-refractivity contribution in [3.63, 3.8) is 0 Å². The van der Waals surface area contributed by atoms with Crippen molar-refractivity contribution < 1.29 is 14.3 Å². The van der Waals surface area contributed by atoms with Crippen molar-refractivity contribution in [3.8, 4) is 5.75 Å². The van der Waals surface area contributed by atoms with Crippen LogP contribution in [-0.2, 0) is 9.59 Å². The van der Waals surface area contributed by atoms with Crippen LogP contribution in [0.15, 0.2) is 24.3 Å². The number of carbonyl (C=O) groups excluding carboxylic acids is 2. The predicted octanol–water partition coefficient (Wildman–Crippen LogP) is 1.24. The molecule has 5 nitrogen and oxygen atoms in total. The third kappa shape index (κ3) is 3.33. The molecule has 1 aromatic carbocycles. The van der Waals surface area contributed by atoms with E-state index < -0.39 is 0 Å². The third-order valence-electron chi connectivity index (χ3n) is 3.11. The first-order valence-electron chi connectivity index (χ1n) is 6.44. The number of para-hydroxylation sites is 1. The zero-order valence-corrected chi connectivity index (χ0v) is 11.8. The van der Waals surface area contributed by atoms with E-state index in [2.05, 4.69) is 0 Å². The minimum Gasteiger partial charge on any atom is -0.491 e. The van der Waals surface area contributed by atoms with Gasteiger partial charge in [-0.1, -0.05) is 24.4 Å². The number of piperidine rings is 1. The molecule has 2 rings (SSSR count). The molecule has 1 saturated heterocycles. The second-order valence-corrected chi connectivity index (χ2v) is 4.94. The Hall–Kier alpha value is -1.95. The summed E-state index contributed by atoms with van der Waals surface area (Å²) in [6.45, 7) is 0.487. The van der Waals surface area contributed by atoms with E-state index in [1.165, 1.54) is 4.90 Å². The third-order valence-corrected chi connectivity index (χ3v) is 3.33. The molecule has 106 valence electrons. The Labute approximate surface area is 122 Å². The number of likely N-dealkylation sites (tertiary alicyclic amines) is 1. The van der Waals surface area contributed by atoms with Crippen LogP contribution in [0.1, 0.15) is 24.8 Å². The zero-order chi connectivity index (χ0) is 14.5. The lowest BCUT2D eigenvalue weighted by Crippen LogP contribution is -2.42. The highest BCUT2D eigenvalue weighted by Crippen LogP contribution is 2.18. The van der Waals surface area contributed by atoms with Gasteiger partial charge in [-0.3, -0.25) is 14.5 Å². The molecule has 2 N–H and O–H groups in total. The average molecular weight is 292 g/mol. The molecular weight excluding hydrogens is 276 g/mol. The van der Waals surface area contributed by atoms with E-state index in [1.807, 2.05) is 12.1 Å². The lowest BCUT2D eigenvalue weighted by Gasteiger charge is -2.24. The molecule has 0 aromatic heterocycles. The second kappa shape index (κ2) is 6.47. The fourth-order valence-corrected chi connectivity index (χ4v) is 2.26. The number of ether oxygens (including phenoxy) is 1. The zero-order valence-electron chi connectivity index (χ0n) is 11.0. The molecule has 0 atom stereocenters. The fourth-order valence-electron chi connectivity index (χ4n) is 2.09. The van der Waals surface area contributed by atoms with Gasteiger partial charge in [-0.15, -0.1) is 0 Å². The number of thiocarbonyl (C=S) groups is 1. The summed E-state index contributed by atoms with van der Waals surface area (Å²) in [7, 11) is 0. The van der Waals surface area contributed by atoms with Gasteiger partial charge in [0.05, 0.1) is 12.1 Å². The highest BCUT2D eigenvalue weighted by Gasteiger charge is 2.25. The molecule has 1 heterocycles. The summed E-state index contributed by atoms with van der Waals surface area (Å²) >= 11 is 4.94. The van der Waals surface area contributed by atoms with Crippen molar-refractivity contribution in [1.29, 1.82) is 0 Å². The van der Waals surface area contributed by atoms with Crippen LogP contribution in [0.5, 0.6) is 5.75 Å². The standard InChI is InChI=1S/C14H16N2O3S/c15-14(20)10-4-1-2-5-11(10)19-9-8-16-12(17)6-3-7-13(16)18/h1-2,4-5H,3,6-9H2,(H2,15,20). The van der Waals surface area contributed by atoms with Gasteiger partial charge in [-0.05, 0) is 18.6 Å². The molecular formula is C14H16N2O3S. The van der Waals surface area contributed by atoms with Crippen LogP contribution < -0.4 is 10.5 Å². The second-order valence-electron chi connectivity index (χ2n) is 4.50. The first-order valence-corrected chi connectivity index (χ1v) is 6.85. The first-order chi connectivity index (χ1) is 9.59. The topological polar surface area (TPSA) is 72.6 Å². The smallest absolute Gasteiger partial charge is 0.229 e. The Kier molecular flexibility index (Phi) is 4.68. The fraction of sp³-hybridized carbons (Fsp3) is 0.357. The minimum atomic E-state index is -0.132. The lowest BCUT2D eigenvalue weighted by atomic mass is 10.1. The van der Waals surface area contributed by atoms with Crippen LogP contribution in [0.3, 0.4) is 0 Å². The Morgan fingerprint density at radius 1 is 1.25 bits per heavy atom. The molecule has 1 aliphatic heterocycles. The highest BCUT2D eigenvalue weighted by atomic mass is 32.1. The van der Waals surface area contributed by atoms with Crippen molar-refractivity contribution in [2.24, 2.45) is 5.73 Å². The van der Waals surface area contributed by atoms with Crippen LogP contribution >= 0.6 is 12.2 Å². The van der Waals surface area contributed by atoms with E-state index in [1.54, 1.807) is 12.1 Å². The number of imide groups is 1. The minimum absolute atomic E-state index is 0.132. The average Bonchev–Trinajstić information content (AvgIpc) is 2.42. The summed E-state index contributed by atoms with van der Waals surface area (Å²) in [5, 5.41) is 0. The Morgan fingerprint density at radius 2 is 1.90 bits per heavy atom. The van der Waals surface area contributed by atoms with Crippen LogP contribution in [0.4, 0.5) is 0 Å². The van der Waals surface area contributed by atoms with E-state index in [4.69, 9.17) is 22.7 Å². The number of rotatable bonds is 5. The number of nitrogens with zero attached hydrogens (tertiary/aromatic N) is 1. The van der Waals surface area contributed by atoms with Crippen molar-refractivity contribution in [2.45, 2.75) is 19.3 Å². The van der Waals surface area contributed by atoms with E-state index in [9.17, 15) is 9.59 Å². The van der Waals surface area contributed by atoms with Crippen LogP contribution in [0, 0.1) is 0 Å². The van der Waals surface area contributed by atoms with Crippen molar-refractivity contribution in [3.05, 3.63) is 29.8 Å². The van der Waals surface area contributed by atoms with Gasteiger partial charge in [0.15, 0.2) is 0 Å². The van der Waals surface area contributed by atoms with Crippen molar-refractivity contribution in [2.75, 3.05) is 13.2 Å². The molecule has 0 radical (unpaired) electrons. The van der Waals surface area contributed by atoms with Crippen LogP contribution in [0.2, 0.25) is 0 Å². The SMILES string of the molecule is NC(=S)c1ccccc1OCCN1C(=O)CCCC1=O. The van der Waals surface area contributed by atoms with Crippen LogP contribution in [0.25, 0.3) is 0 Å². The summed E-state index contributed by atoms with van der Waals surface area (Å²) in [6.07, 6.45) is 1.49. The molecule has 1 fully saturated rings. The Bertz CT molecular complexity index is 529. The molecule has 0 aliphatic carbocycles. The molecule has 0 saturated carbocycles. The van der Waals surface area contributed by atoms with Crippen LogP contribution in [-0.4, -0.2) is 34.9 Å². The Morgan fingerprint density at radius 3 is 2.55 bits per heavy atom. The number of benzene rings is 1. The van der Waals surface area contributed by atoms with E-state index in [0.29, 0.717) is 30.6 Å². The van der Waals surface area contributed by atoms with Gasteiger partial charge in [0.25, 0.3) is 0 Å². The molecule has 0 spiro atoms. The molecule has 0 bridgehead atoms. The van der Waals surface area contributed by atoms with Gasteiger partial charge in [-0.2, -0.15) is 0 Å². The summed E-state index contributed by atoms with van der Waals surface area (Å²) in [5.41, 5.74) is 6.26. The maximum atomic E-state index is 11.6. The normalized spacial score (nSPS) is 15.3. The van der Waals surface area contributed by atoms with Gasteiger partial charge >= 0.3 is 0 Å². The molecule has 0 unspecified atom stereocenters. The van der Waals surface area contributed by atoms with Gasteiger partial charge < -0.3 is 10.5 Å². The van der Waals surface area contributed by atoms with Gasteiger partial charge in [0.2, 0.25) is 11.8 Å². The highest BCUT2D eigenvalue weighted by molar-refractivity contribution is 7.80. The van der Waals surface area contributed by atoms with Crippen molar-refractivity contribution >= 4 is 29.0 Å². The monoisotopic (exact) mass is 292 g/mol. The number of hydrogen-bond acceptors (Lipinski definition) is 4. The van der Waals surface area contributed by atoms with Gasteiger partial charge in [-0.25, -0.2) is 0 Å². The molecule has 20 heavy (non-hydrogen) atoms. The maximum Gasteiger partial charge on any atom is 0.229 e. The quantitative estimate of drug-likeness (QED) is 0.653. The lowest BCUT2D eigenvalue weighted by molar-refractivity contribution is -0.148. The van der Waals surface area contributed by atoms with Gasteiger partial charge in [0.1, 0.15) is 17.3 Å². The largest absolute Gasteiger partial charge is 0.491 e. The van der Waals surface area contributed by atoms with E-state index in [0.717, 1.165) is 0 Å². The van der Waals surface area contributed by atoms with Gasteiger partial charge in [0, 0.05) is 12.8 Å². The molecule has 2 amide bonds. The van der Waals surface area contributed by atoms with E-state index in [-0.39, 0.29) is 30.0 Å². The predicted molar refractivity (Wildman–Crippen MR) is 78.4 cm³/mol. The summed E-state index contributed by atoms with van der Waals surface area (Å²) < 4.78 is 5.58. The van der Waals surface area contributed by atoms with Crippen molar-refractivity contribution in [1.82, 2.24) is 4.90 Å². The Balaban J connectivity index is 1.94. The molecule has 1 aromatic rings. The number of carbonyl (C=O) groups is 2.